The van der Waals surface area contributed by atoms with Crippen molar-refractivity contribution >= 4 is 37.4 Å². The molecular formula is C64H129N6O28P. The number of rotatable bonds is 51. The van der Waals surface area contributed by atoms with E-state index in [0.29, 0.717) is 45.4 Å². The number of aliphatic hydroxyl groups excluding tert-OH is 9. The molecule has 0 aromatic carbocycles. The highest BCUT2D eigenvalue weighted by atomic mass is 31.2. The summed E-state index contributed by atoms with van der Waals surface area (Å²) in [4.78, 5) is 74.1. The van der Waals surface area contributed by atoms with Gasteiger partial charge in [0.15, 0.2) is 18.9 Å². The Labute approximate surface area is 585 Å². The molecule has 0 bridgehead atoms. The molecule has 588 valence electrons. The summed E-state index contributed by atoms with van der Waals surface area (Å²) in [6.45, 7) is 8.89. The monoisotopic (exact) mass is 1460 g/mol. The number of phosphoric acid groups is 1. The Kier molecular flexibility index (Phi) is 57.2. The highest BCUT2D eigenvalue weighted by Gasteiger charge is 2.45. The van der Waals surface area contributed by atoms with Gasteiger partial charge < -0.3 is 131 Å². The Balaban J connectivity index is 0. The second-order valence-electron chi connectivity index (χ2n) is 23.8. The van der Waals surface area contributed by atoms with E-state index in [1.807, 2.05) is 13.8 Å². The van der Waals surface area contributed by atoms with E-state index in [2.05, 4.69) is 35.6 Å². The van der Waals surface area contributed by atoms with E-state index in [9.17, 15) is 74.5 Å². The quantitative estimate of drug-likeness (QED) is 0.0200. The topological polar surface area (TPSA) is 502 Å². The van der Waals surface area contributed by atoms with Crippen molar-refractivity contribution in [2.75, 3.05) is 139 Å². The van der Waals surface area contributed by atoms with Crippen LogP contribution >= 0.6 is 7.82 Å². The van der Waals surface area contributed by atoms with Crippen LogP contribution in [-0.4, -0.2) is 299 Å². The van der Waals surface area contributed by atoms with Crippen LogP contribution in [0.3, 0.4) is 0 Å². The summed E-state index contributed by atoms with van der Waals surface area (Å²) in [6.07, 6.45) is -5.85. The molecule has 16 atom stereocenters. The molecule has 0 aromatic rings. The molecule has 3 fully saturated rings. The summed E-state index contributed by atoms with van der Waals surface area (Å²) >= 11 is 0. The minimum atomic E-state index is -3.75. The first-order valence-corrected chi connectivity index (χ1v) is 35.5. The molecule has 0 aliphatic carbocycles. The van der Waals surface area contributed by atoms with Crippen LogP contribution in [0.4, 0.5) is 0 Å². The maximum atomic E-state index is 13.7. The Morgan fingerprint density at radius 1 is 0.455 bits per heavy atom. The molecule has 0 saturated carbocycles. The molecule has 3 rings (SSSR count). The average molecular weight is 1460 g/mol. The molecule has 5 amide bonds. The van der Waals surface area contributed by atoms with Crippen LogP contribution in [0.15, 0.2) is 0 Å². The molecule has 3 heterocycles. The zero-order chi connectivity index (χ0) is 72.6. The zero-order valence-electron chi connectivity index (χ0n) is 58.0. The lowest BCUT2D eigenvalue weighted by molar-refractivity contribution is -0.282. The molecule has 99 heavy (non-hydrogen) atoms. The van der Waals surface area contributed by atoms with Gasteiger partial charge in [-0.25, -0.2) is 4.57 Å². The third-order valence-corrected chi connectivity index (χ3v) is 16.8. The van der Waals surface area contributed by atoms with E-state index in [1.54, 1.807) is 27.9 Å². The number of carbonyl (C=O) groups excluding carboxylic acids is 5. The number of hydrogen-bond acceptors (Lipinski definition) is 28. The molecule has 35 heteroatoms. The van der Waals surface area contributed by atoms with Gasteiger partial charge in [0.2, 0.25) is 29.5 Å². The molecule has 3 saturated heterocycles. The summed E-state index contributed by atoms with van der Waals surface area (Å²) < 4.78 is 76.5. The summed E-state index contributed by atoms with van der Waals surface area (Å²) in [5.41, 5.74) is 3.77. The first-order valence-electron chi connectivity index (χ1n) is 34.0. The molecule has 3 aliphatic rings. The molecule has 0 radical (unpaired) electrons. The number of nitrogens with one attached hydrogen (secondary N) is 5. The molecule has 3 aliphatic heterocycles. The average Bonchev–Trinajstić information content (AvgIpc) is 0.843. The van der Waals surface area contributed by atoms with Crippen LogP contribution in [0.5, 0.6) is 0 Å². The van der Waals surface area contributed by atoms with Gasteiger partial charge in [0, 0.05) is 84.0 Å². The van der Waals surface area contributed by atoms with E-state index < -0.39 is 143 Å². The molecule has 0 aromatic heterocycles. The van der Waals surface area contributed by atoms with Gasteiger partial charge in [-0.3, -0.25) is 33.0 Å². The fourth-order valence-electron chi connectivity index (χ4n) is 9.86. The number of hydrogen-bond donors (Lipinski definition) is 16. The summed E-state index contributed by atoms with van der Waals surface area (Å²) in [5, 5.41) is 104. The first kappa shape index (κ1) is 97.7. The van der Waals surface area contributed by atoms with E-state index >= 15 is 0 Å². The van der Waals surface area contributed by atoms with Crippen molar-refractivity contribution < 1.29 is 136 Å². The smallest absolute Gasteiger partial charge is 0.394 e. The predicted octanol–water partition coefficient (Wildman–Crippen LogP) is -0.864. The number of phosphoric ester groups is 1. The number of methoxy groups -OCH3 is 1. The summed E-state index contributed by atoms with van der Waals surface area (Å²) in [5.74, 6) is -4.15. The normalized spacial score (nSPS) is 26.2. The van der Waals surface area contributed by atoms with E-state index in [0.717, 1.165) is 52.1 Å². The Bertz CT molecular complexity index is 1960. The van der Waals surface area contributed by atoms with Crippen molar-refractivity contribution in [1.82, 2.24) is 26.6 Å². The lowest BCUT2D eigenvalue weighted by Gasteiger charge is -2.40. The number of amides is 5. The van der Waals surface area contributed by atoms with Crippen molar-refractivity contribution in [3.05, 3.63) is 0 Å². The van der Waals surface area contributed by atoms with Gasteiger partial charge in [0.25, 0.3) is 0 Å². The molecular weight excluding hydrogens is 1330 g/mol. The Hall–Kier alpha value is -3.34. The van der Waals surface area contributed by atoms with Gasteiger partial charge in [0.1, 0.15) is 48.6 Å². The van der Waals surface area contributed by atoms with E-state index in [1.165, 1.54) is 0 Å². The van der Waals surface area contributed by atoms with Gasteiger partial charge in [-0.05, 0) is 51.5 Å². The second kappa shape index (κ2) is 58.0. The van der Waals surface area contributed by atoms with Crippen molar-refractivity contribution in [1.29, 1.82) is 0 Å². The van der Waals surface area contributed by atoms with Crippen LogP contribution in [0.25, 0.3) is 0 Å². The summed E-state index contributed by atoms with van der Waals surface area (Å²) in [6, 6.07) is 0. The van der Waals surface area contributed by atoms with Crippen LogP contribution in [0.2, 0.25) is 0 Å². The fourth-order valence-corrected chi connectivity index (χ4v) is 10.3. The Morgan fingerprint density at radius 3 is 1.13 bits per heavy atom. The molecule has 7 unspecified atom stereocenters. The third-order valence-electron chi connectivity index (χ3n) is 15.8. The van der Waals surface area contributed by atoms with Gasteiger partial charge >= 0.3 is 7.82 Å². The first-order chi connectivity index (χ1) is 46.4. The largest absolute Gasteiger partial charge is 0.471 e. The van der Waals surface area contributed by atoms with Crippen LogP contribution in [-0.2, 0) is 85.0 Å². The zero-order valence-corrected chi connectivity index (χ0v) is 58.9. The fraction of sp³-hybridized carbons (Fsp3) is 0.922. The summed E-state index contributed by atoms with van der Waals surface area (Å²) in [7, 11) is -0.981. The SMILES string of the molecule is C.C.CC.COCCCCCCNC(=O)CC(=O)NC(COCCC(=O)NCCCO[C@@H]1OC(CO)[C@H](O)[C@H](O)C1C)(COCCC(=O)NCCCO[C@@H]1OC(CO)[C@H](O)[C@H](O)C1C)COCCC(=O)NCCCO[C@@H]1OC(CO)[C@H](O)[C@H](O)C1C.COP(=O)(O)OCCCCCCN. The number of unbranched alkanes of at least 4 members (excludes halogenated alkanes) is 6. The molecule has 0 spiro atoms. The van der Waals surface area contributed by atoms with Crippen molar-refractivity contribution in [3.63, 3.8) is 0 Å². The van der Waals surface area contributed by atoms with Crippen molar-refractivity contribution in [3.8, 4) is 0 Å². The van der Waals surface area contributed by atoms with Crippen LogP contribution in [0.1, 0.15) is 146 Å². The van der Waals surface area contributed by atoms with Gasteiger partial charge in [-0.15, -0.1) is 0 Å². The third kappa shape index (κ3) is 41.1. The number of ether oxygens (including phenoxy) is 10. The van der Waals surface area contributed by atoms with E-state index in [4.69, 9.17) is 58.0 Å². The Morgan fingerprint density at radius 2 is 0.788 bits per heavy atom. The van der Waals surface area contributed by atoms with Gasteiger partial charge in [0.05, 0.1) is 104 Å². The molecule has 34 nitrogen and oxygen atoms in total. The maximum absolute atomic E-state index is 13.7. The second-order valence-corrected chi connectivity index (χ2v) is 25.3. The molecule has 17 N–H and O–H groups in total. The van der Waals surface area contributed by atoms with Crippen LogP contribution < -0.4 is 32.3 Å². The minimum Gasteiger partial charge on any atom is -0.394 e. The number of carbonyl (C=O) groups is 5. The van der Waals surface area contributed by atoms with Crippen LogP contribution in [0, 0.1) is 17.8 Å². The standard InChI is InChI=1S/C53H97N5O24.C7H18NO4P.C2H6.2CH4/c1-33-44(67)47(70)36(27-59)80-50(33)77-20-9-16-54-39(62)12-23-74-30-53(58-43(66)26-42(65)57-15-7-5-6-8-19-73-4,31-75-24-13-40(63)55-17-10-21-78-51-34(2)45(68)48(71)37(28-60)81-51)32-76-25-14-41(64)56-18-11-22-79-52-35(3)46(69)49(72)38(29-61)82-52;1-11-13(9,10)12-7-5-3-2-4-6-8;1-2;;/h33-38,44-52,59-61,67-72H,5-32H2,1-4H3,(H,54,62)(H,55,63)(H,56,64)(H,57,65)(H,58,66);2-8H2,1H3,(H,9,10);1-2H3;2*1H4/t33?,34?,35?,36?,37?,38?,44-,45-,46-,47+,48+,49+,50-,51-,52-,53?;;;;/m1..../s1. The highest BCUT2D eigenvalue weighted by Crippen LogP contribution is 2.42. The minimum absolute atomic E-state index is 0. The van der Waals surface area contributed by atoms with E-state index in [-0.39, 0.29) is 138 Å². The number of nitrogens with two attached hydrogens (primary N) is 1. The number of aliphatic hydroxyl groups is 9. The van der Waals surface area contributed by atoms with Gasteiger partial charge in [-0.1, -0.05) is 75.2 Å². The lowest BCUT2D eigenvalue weighted by Crippen LogP contribution is -2.59. The lowest BCUT2D eigenvalue weighted by atomic mass is 9.92. The predicted molar refractivity (Wildman–Crippen MR) is 362 cm³/mol. The van der Waals surface area contributed by atoms with Crippen molar-refractivity contribution in [2.24, 2.45) is 23.5 Å². The maximum Gasteiger partial charge on any atom is 0.471 e. The highest BCUT2D eigenvalue weighted by molar-refractivity contribution is 7.47. The van der Waals surface area contributed by atoms with Crippen molar-refractivity contribution in [2.45, 2.75) is 225 Å². The van der Waals surface area contributed by atoms with Gasteiger partial charge in [-0.2, -0.15) is 0 Å².